The molecule has 4 rings (SSSR count). The van der Waals surface area contributed by atoms with E-state index in [1.165, 1.54) is 0 Å². The van der Waals surface area contributed by atoms with Crippen LogP contribution in [0.25, 0.3) is 22.6 Å². The molecule has 1 fully saturated rings. The summed E-state index contributed by atoms with van der Waals surface area (Å²) in [5.74, 6) is 1.73. The van der Waals surface area contributed by atoms with Gasteiger partial charge in [0.15, 0.2) is 0 Å². The molecule has 1 aromatic heterocycles. The predicted octanol–water partition coefficient (Wildman–Crippen LogP) is 3.03. The number of rotatable bonds is 6. The van der Waals surface area contributed by atoms with Crippen LogP contribution < -0.4 is 0 Å². The maximum absolute atomic E-state index is 10.6. The van der Waals surface area contributed by atoms with Gasteiger partial charge in [-0.25, -0.2) is 4.98 Å². The minimum atomic E-state index is -1.42. The van der Waals surface area contributed by atoms with Crippen molar-refractivity contribution < 1.29 is 29.6 Å². The SMILES string of the molecule is Cc1cnc(-c2ccc(-c3cc(CC(C)C)cc(C4OC(CO)C(O)C(O)C4O)c3)cc2)o1. The third-order valence-electron chi connectivity index (χ3n) is 5.97. The van der Waals surface area contributed by atoms with Crippen molar-refractivity contribution in [2.45, 2.75) is 57.7 Å². The number of ether oxygens (including phenoxy) is 1. The van der Waals surface area contributed by atoms with Crippen LogP contribution >= 0.6 is 0 Å². The molecule has 0 bridgehead atoms. The summed E-state index contributed by atoms with van der Waals surface area (Å²) < 4.78 is 11.4. The third-order valence-corrected chi connectivity index (χ3v) is 5.97. The Morgan fingerprint density at radius 3 is 2.21 bits per heavy atom. The molecule has 2 heterocycles. The highest BCUT2D eigenvalue weighted by molar-refractivity contribution is 5.69. The van der Waals surface area contributed by atoms with Gasteiger partial charge in [-0.05, 0) is 59.7 Å². The lowest BCUT2D eigenvalue weighted by molar-refractivity contribution is -0.231. The molecule has 0 aliphatic carbocycles. The van der Waals surface area contributed by atoms with Crippen LogP contribution in [0.2, 0.25) is 0 Å². The number of aromatic nitrogens is 1. The first-order valence-corrected chi connectivity index (χ1v) is 11.2. The maximum Gasteiger partial charge on any atom is 0.226 e. The summed E-state index contributed by atoms with van der Waals surface area (Å²) in [5, 5.41) is 40.6. The first-order valence-electron chi connectivity index (χ1n) is 11.2. The molecule has 1 aliphatic rings. The maximum atomic E-state index is 10.6. The Morgan fingerprint density at radius 2 is 1.61 bits per heavy atom. The molecule has 5 atom stereocenters. The number of hydrogen-bond acceptors (Lipinski definition) is 7. The van der Waals surface area contributed by atoms with Gasteiger partial charge in [0, 0.05) is 5.56 Å². The fourth-order valence-corrected chi connectivity index (χ4v) is 4.31. The van der Waals surface area contributed by atoms with Crippen molar-refractivity contribution in [3.05, 3.63) is 65.5 Å². The number of benzene rings is 2. The highest BCUT2D eigenvalue weighted by atomic mass is 16.5. The number of oxazole rings is 1. The van der Waals surface area contributed by atoms with Gasteiger partial charge in [0.1, 0.15) is 36.3 Å². The number of aliphatic hydroxyl groups excluding tert-OH is 4. The number of hydrogen-bond donors (Lipinski definition) is 4. The van der Waals surface area contributed by atoms with Crippen molar-refractivity contribution in [3.8, 4) is 22.6 Å². The van der Waals surface area contributed by atoms with E-state index in [0.717, 1.165) is 34.4 Å². The van der Waals surface area contributed by atoms with Gasteiger partial charge in [0.2, 0.25) is 5.89 Å². The van der Waals surface area contributed by atoms with E-state index in [1.54, 1.807) is 6.20 Å². The van der Waals surface area contributed by atoms with Gasteiger partial charge in [-0.15, -0.1) is 0 Å². The summed E-state index contributed by atoms with van der Waals surface area (Å²) in [6, 6.07) is 13.9. The number of nitrogens with zero attached hydrogens (tertiary/aromatic N) is 1. The second kappa shape index (κ2) is 9.75. The van der Waals surface area contributed by atoms with Crippen LogP contribution in [-0.4, -0.2) is 56.4 Å². The first kappa shape index (κ1) is 23.6. The lowest BCUT2D eigenvalue weighted by atomic mass is 9.87. The summed E-state index contributed by atoms with van der Waals surface area (Å²) in [6.45, 7) is 5.66. The Hall–Kier alpha value is -2.55. The molecule has 0 radical (unpaired) electrons. The third kappa shape index (κ3) is 5.03. The molecule has 0 amide bonds. The van der Waals surface area contributed by atoms with Gasteiger partial charge in [-0.2, -0.15) is 0 Å². The molecule has 4 N–H and O–H groups in total. The van der Waals surface area contributed by atoms with Crippen LogP contribution in [0.4, 0.5) is 0 Å². The van der Waals surface area contributed by atoms with Crippen LogP contribution in [0.1, 0.15) is 36.8 Å². The van der Waals surface area contributed by atoms with Crippen molar-refractivity contribution in [1.29, 1.82) is 0 Å². The molecular weight excluding hydrogens is 422 g/mol. The average Bonchev–Trinajstić information content (AvgIpc) is 3.23. The van der Waals surface area contributed by atoms with Crippen LogP contribution in [0, 0.1) is 12.8 Å². The molecule has 1 saturated heterocycles. The van der Waals surface area contributed by atoms with Gasteiger partial charge in [-0.3, -0.25) is 0 Å². The van der Waals surface area contributed by atoms with Crippen LogP contribution in [0.3, 0.4) is 0 Å². The fraction of sp³-hybridized carbons (Fsp3) is 0.423. The van der Waals surface area contributed by atoms with E-state index in [9.17, 15) is 20.4 Å². The zero-order chi connectivity index (χ0) is 23.7. The number of aliphatic hydroxyl groups is 4. The minimum absolute atomic E-state index is 0.415. The van der Waals surface area contributed by atoms with Crippen LogP contribution in [-0.2, 0) is 11.2 Å². The topological polar surface area (TPSA) is 116 Å². The molecule has 7 heteroatoms. The normalized spacial score (nSPS) is 25.5. The number of aryl methyl sites for hydroxylation is 1. The van der Waals surface area contributed by atoms with Gasteiger partial charge in [0.05, 0.1) is 12.8 Å². The lowest BCUT2D eigenvalue weighted by Gasteiger charge is -2.40. The average molecular weight is 454 g/mol. The van der Waals surface area contributed by atoms with Gasteiger partial charge in [0.25, 0.3) is 0 Å². The van der Waals surface area contributed by atoms with Gasteiger partial charge < -0.3 is 29.6 Å². The second-order valence-corrected chi connectivity index (χ2v) is 9.16. The molecule has 3 aromatic rings. The largest absolute Gasteiger partial charge is 0.441 e. The zero-order valence-electron chi connectivity index (χ0n) is 19.0. The Balaban J connectivity index is 1.71. The van der Waals surface area contributed by atoms with Crippen molar-refractivity contribution in [1.82, 2.24) is 4.98 Å². The first-order chi connectivity index (χ1) is 15.8. The molecule has 1 aliphatic heterocycles. The fourth-order valence-electron chi connectivity index (χ4n) is 4.31. The molecule has 5 unspecified atom stereocenters. The summed E-state index contributed by atoms with van der Waals surface area (Å²) in [5.41, 5.74) is 4.54. The molecular formula is C26H31NO6. The van der Waals surface area contributed by atoms with Crippen molar-refractivity contribution in [2.75, 3.05) is 6.61 Å². The molecule has 33 heavy (non-hydrogen) atoms. The standard InChI is InChI=1S/C26H31NO6/c1-14(2)8-16-9-19(17-4-6-18(7-5-17)26-27-12-15(3)32-26)11-20(10-16)25-24(31)23(30)22(29)21(13-28)33-25/h4-7,9-12,14,21-25,28-31H,8,13H2,1-3H3. The zero-order valence-corrected chi connectivity index (χ0v) is 19.0. The van der Waals surface area contributed by atoms with Gasteiger partial charge >= 0.3 is 0 Å². The van der Waals surface area contributed by atoms with Crippen LogP contribution in [0.15, 0.2) is 53.1 Å². The Labute approximate surface area is 193 Å². The summed E-state index contributed by atoms with van der Waals surface area (Å²) in [4.78, 5) is 4.27. The van der Waals surface area contributed by atoms with E-state index in [0.29, 0.717) is 17.4 Å². The minimum Gasteiger partial charge on any atom is -0.441 e. The second-order valence-electron chi connectivity index (χ2n) is 9.16. The van der Waals surface area contributed by atoms with Crippen LogP contribution in [0.5, 0.6) is 0 Å². The van der Waals surface area contributed by atoms with E-state index in [4.69, 9.17) is 9.15 Å². The molecule has 0 spiro atoms. The Bertz CT molecular complexity index is 1070. The summed E-state index contributed by atoms with van der Waals surface area (Å²) in [7, 11) is 0. The van der Waals surface area contributed by atoms with E-state index < -0.39 is 37.1 Å². The molecule has 2 aromatic carbocycles. The molecule has 176 valence electrons. The highest BCUT2D eigenvalue weighted by Crippen LogP contribution is 2.36. The molecule has 0 saturated carbocycles. The quantitative estimate of drug-likeness (QED) is 0.453. The van der Waals surface area contributed by atoms with E-state index in [1.807, 2.05) is 43.3 Å². The van der Waals surface area contributed by atoms with E-state index >= 15 is 0 Å². The van der Waals surface area contributed by atoms with E-state index in [-0.39, 0.29) is 0 Å². The Morgan fingerprint density at radius 1 is 0.909 bits per heavy atom. The van der Waals surface area contributed by atoms with E-state index in [2.05, 4.69) is 24.9 Å². The molecule has 7 nitrogen and oxygen atoms in total. The predicted molar refractivity (Wildman–Crippen MR) is 123 cm³/mol. The summed E-state index contributed by atoms with van der Waals surface area (Å²) >= 11 is 0. The van der Waals surface area contributed by atoms with Crippen molar-refractivity contribution in [2.24, 2.45) is 5.92 Å². The highest BCUT2D eigenvalue weighted by Gasteiger charge is 2.44. The van der Waals surface area contributed by atoms with Gasteiger partial charge in [-0.1, -0.05) is 38.1 Å². The smallest absolute Gasteiger partial charge is 0.226 e. The monoisotopic (exact) mass is 453 g/mol. The van der Waals surface area contributed by atoms with Crippen molar-refractivity contribution in [3.63, 3.8) is 0 Å². The lowest BCUT2D eigenvalue weighted by Crippen LogP contribution is -2.55. The summed E-state index contributed by atoms with van der Waals surface area (Å²) in [6.07, 6.45) is -3.43. The van der Waals surface area contributed by atoms with Crippen molar-refractivity contribution >= 4 is 0 Å². The Kier molecular flexibility index (Phi) is 6.97.